The Bertz CT molecular complexity index is 2150. The van der Waals surface area contributed by atoms with Gasteiger partial charge in [-0.3, -0.25) is 24.1 Å². The van der Waals surface area contributed by atoms with Crippen LogP contribution in [0.1, 0.15) is 34.7 Å². The fraction of sp³-hybridized carbons (Fsp3) is 0.265. The van der Waals surface area contributed by atoms with Crippen LogP contribution in [0.3, 0.4) is 0 Å². The molecule has 264 valence electrons. The number of fused-ring (bicyclic) bond motifs is 4. The fourth-order valence-corrected chi connectivity index (χ4v) is 8.77. The van der Waals surface area contributed by atoms with Crippen molar-refractivity contribution < 1.29 is 60.9 Å². The standard InChI is InChI=1S/C34H21Cl2F5N2O8/c1-51-14-5-6-16(19(44)10-14)21-15-7-8-17-20(29(46)42(28(17)45)13-4-2-3-12(9-13)30(47)48)18(15)11-33(35)31(49)43(32(50)34(21,33)36)27-25(40)23(38)22(37)24(39)26(27)41/h2-7,9-10,17-18,20-21,44H,8,11H2,1H3,(H,47,48)/t17-,18+,20-,21+,33+,34-/m0/s1. The van der Waals surface area contributed by atoms with Crippen molar-refractivity contribution >= 4 is 64.2 Å². The number of carboxylic acids is 1. The second-order valence-corrected chi connectivity index (χ2v) is 13.7. The van der Waals surface area contributed by atoms with Crippen LogP contribution in [0.4, 0.5) is 33.3 Å². The Balaban J connectivity index is 1.43. The van der Waals surface area contributed by atoms with Crippen LogP contribution in [0, 0.1) is 46.8 Å². The number of phenolic OH excluding ortho intramolecular Hbond substituents is 1. The zero-order valence-corrected chi connectivity index (χ0v) is 27.2. The highest BCUT2D eigenvalue weighted by Crippen LogP contribution is 2.67. The molecular formula is C34H21Cl2F5N2O8. The van der Waals surface area contributed by atoms with Gasteiger partial charge in [0, 0.05) is 17.5 Å². The Kier molecular flexibility index (Phi) is 7.76. The van der Waals surface area contributed by atoms with E-state index in [2.05, 4.69) is 0 Å². The average Bonchev–Trinajstić information content (AvgIpc) is 3.44. The molecule has 2 aliphatic heterocycles. The first kappa shape index (κ1) is 34.4. The van der Waals surface area contributed by atoms with Gasteiger partial charge in [0.2, 0.25) is 17.6 Å². The summed E-state index contributed by atoms with van der Waals surface area (Å²) in [5.74, 6) is -24.6. The molecular weight excluding hydrogens is 730 g/mol. The number of anilines is 2. The monoisotopic (exact) mass is 750 g/mol. The topological polar surface area (TPSA) is 142 Å². The molecule has 4 aliphatic rings. The number of ether oxygens (including phenoxy) is 1. The van der Waals surface area contributed by atoms with Crippen LogP contribution in [-0.4, -0.2) is 56.7 Å². The summed E-state index contributed by atoms with van der Waals surface area (Å²) in [6, 6.07) is 8.71. The zero-order valence-electron chi connectivity index (χ0n) is 25.7. The lowest BCUT2D eigenvalue weighted by Gasteiger charge is -2.50. The van der Waals surface area contributed by atoms with Gasteiger partial charge in [-0.15, -0.1) is 23.2 Å². The summed E-state index contributed by atoms with van der Waals surface area (Å²) in [5, 5.41) is 20.7. The average molecular weight is 751 g/mol. The molecule has 3 aromatic carbocycles. The molecule has 2 heterocycles. The molecule has 2 aliphatic carbocycles. The maximum Gasteiger partial charge on any atom is 0.335 e. The van der Waals surface area contributed by atoms with Gasteiger partial charge >= 0.3 is 5.97 Å². The van der Waals surface area contributed by atoms with Crippen LogP contribution in [0.5, 0.6) is 11.5 Å². The minimum Gasteiger partial charge on any atom is -0.508 e. The number of halogens is 7. The zero-order chi connectivity index (χ0) is 37.1. The van der Waals surface area contributed by atoms with Crippen molar-refractivity contribution in [1.82, 2.24) is 0 Å². The SMILES string of the molecule is COc1ccc([C@H]2C3=CC[C@@H]4C(=O)N(c5cccc(C(=O)O)c5)C(=O)[C@@H]4[C@@H]3C[C@@]3(Cl)C(=O)N(c4c(F)c(F)c(F)c(F)c4F)C(=O)[C@@]23Cl)c(O)c1. The van der Waals surface area contributed by atoms with E-state index in [4.69, 9.17) is 27.9 Å². The number of nitrogens with zero attached hydrogens (tertiary/aromatic N) is 2. The maximum atomic E-state index is 15.2. The van der Waals surface area contributed by atoms with Crippen LogP contribution in [0.25, 0.3) is 0 Å². The Hall–Kier alpha value is -5.02. The number of benzene rings is 3. The van der Waals surface area contributed by atoms with E-state index >= 15 is 8.78 Å². The van der Waals surface area contributed by atoms with Crippen molar-refractivity contribution in [3.8, 4) is 11.5 Å². The molecule has 51 heavy (non-hydrogen) atoms. The van der Waals surface area contributed by atoms with Gasteiger partial charge in [-0.2, -0.15) is 0 Å². The van der Waals surface area contributed by atoms with E-state index in [0.29, 0.717) is 0 Å². The van der Waals surface area contributed by atoms with Gasteiger partial charge in [0.15, 0.2) is 33.0 Å². The number of phenols is 1. The number of imide groups is 2. The summed E-state index contributed by atoms with van der Waals surface area (Å²) in [7, 11) is 1.28. The molecule has 2 N–H and O–H groups in total. The van der Waals surface area contributed by atoms with E-state index in [1.165, 1.54) is 43.5 Å². The molecule has 7 rings (SSSR count). The molecule has 2 saturated heterocycles. The minimum absolute atomic E-state index is 0.0714. The number of rotatable bonds is 5. The number of aromatic carboxylic acids is 1. The van der Waals surface area contributed by atoms with Gasteiger partial charge < -0.3 is 14.9 Å². The Morgan fingerprint density at radius 1 is 0.863 bits per heavy atom. The number of amides is 4. The first-order chi connectivity index (χ1) is 24.0. The number of hydrogen-bond acceptors (Lipinski definition) is 7. The smallest absolute Gasteiger partial charge is 0.335 e. The molecule has 4 amide bonds. The number of alkyl halides is 2. The fourth-order valence-electron chi connectivity index (χ4n) is 7.84. The van der Waals surface area contributed by atoms with Crippen molar-refractivity contribution in [2.45, 2.75) is 28.5 Å². The van der Waals surface area contributed by atoms with E-state index in [-0.39, 0.29) is 39.5 Å². The Morgan fingerprint density at radius 3 is 2.12 bits per heavy atom. The second-order valence-electron chi connectivity index (χ2n) is 12.5. The van der Waals surface area contributed by atoms with Gasteiger partial charge in [0.25, 0.3) is 11.8 Å². The molecule has 10 nitrogen and oxygen atoms in total. The Morgan fingerprint density at radius 2 is 1.51 bits per heavy atom. The largest absolute Gasteiger partial charge is 0.508 e. The van der Waals surface area contributed by atoms with E-state index in [9.17, 15) is 47.4 Å². The van der Waals surface area contributed by atoms with Crippen molar-refractivity contribution in [3.05, 3.63) is 94.3 Å². The highest BCUT2D eigenvalue weighted by atomic mass is 35.5. The van der Waals surface area contributed by atoms with Gasteiger partial charge in [0.1, 0.15) is 17.2 Å². The van der Waals surface area contributed by atoms with Crippen LogP contribution >= 0.6 is 23.2 Å². The van der Waals surface area contributed by atoms with Crippen LogP contribution < -0.4 is 14.5 Å². The van der Waals surface area contributed by atoms with E-state index < -0.39 is 110 Å². The van der Waals surface area contributed by atoms with E-state index in [0.717, 1.165) is 17.0 Å². The van der Waals surface area contributed by atoms with Crippen LogP contribution in [-0.2, 0) is 19.2 Å². The van der Waals surface area contributed by atoms with Gasteiger partial charge in [-0.05, 0) is 43.0 Å². The highest BCUT2D eigenvalue weighted by Gasteiger charge is 2.77. The lowest BCUT2D eigenvalue weighted by atomic mass is 9.56. The van der Waals surface area contributed by atoms with Crippen LogP contribution in [0.15, 0.2) is 54.1 Å². The summed E-state index contributed by atoms with van der Waals surface area (Å²) in [6.45, 7) is 0. The predicted octanol–water partition coefficient (Wildman–Crippen LogP) is 5.56. The molecule has 0 aromatic heterocycles. The molecule has 1 saturated carbocycles. The lowest BCUT2D eigenvalue weighted by molar-refractivity contribution is -0.125. The number of carbonyl (C=O) groups is 5. The molecule has 3 fully saturated rings. The molecule has 6 atom stereocenters. The quantitative estimate of drug-likeness (QED) is 0.0863. The predicted molar refractivity (Wildman–Crippen MR) is 167 cm³/mol. The van der Waals surface area contributed by atoms with Crippen molar-refractivity contribution in [2.75, 3.05) is 16.9 Å². The second kappa shape index (κ2) is 11.5. The molecule has 0 radical (unpaired) electrons. The first-order valence-electron chi connectivity index (χ1n) is 15.1. The minimum atomic E-state index is -2.83. The third kappa shape index (κ3) is 4.43. The van der Waals surface area contributed by atoms with E-state index in [1.54, 1.807) is 0 Å². The third-order valence-corrected chi connectivity index (χ3v) is 11.5. The molecule has 0 bridgehead atoms. The summed E-state index contributed by atoms with van der Waals surface area (Å²) >= 11 is 14.1. The number of aromatic hydroxyl groups is 1. The Labute approximate surface area is 293 Å². The molecule has 0 spiro atoms. The summed E-state index contributed by atoms with van der Waals surface area (Å²) in [5.41, 5.74) is -2.30. The molecule has 0 unspecified atom stereocenters. The number of methoxy groups -OCH3 is 1. The van der Waals surface area contributed by atoms with E-state index in [1.807, 2.05) is 0 Å². The maximum absolute atomic E-state index is 15.2. The van der Waals surface area contributed by atoms with Crippen molar-refractivity contribution in [3.63, 3.8) is 0 Å². The first-order valence-corrected chi connectivity index (χ1v) is 15.8. The third-order valence-electron chi connectivity index (χ3n) is 10.1. The highest BCUT2D eigenvalue weighted by molar-refractivity contribution is 6.58. The molecule has 3 aromatic rings. The summed E-state index contributed by atoms with van der Waals surface area (Å²) in [4.78, 5) is 63.1. The van der Waals surface area contributed by atoms with Crippen LogP contribution in [0.2, 0.25) is 0 Å². The van der Waals surface area contributed by atoms with Gasteiger partial charge in [-0.1, -0.05) is 23.8 Å². The number of hydrogen-bond donors (Lipinski definition) is 2. The van der Waals surface area contributed by atoms with Gasteiger partial charge in [-0.25, -0.2) is 31.6 Å². The van der Waals surface area contributed by atoms with Crippen molar-refractivity contribution in [2.24, 2.45) is 17.8 Å². The van der Waals surface area contributed by atoms with Gasteiger partial charge in [0.05, 0.1) is 30.2 Å². The number of allylic oxidation sites excluding steroid dienone is 2. The van der Waals surface area contributed by atoms with Crippen molar-refractivity contribution in [1.29, 1.82) is 0 Å². The summed E-state index contributed by atoms with van der Waals surface area (Å²) < 4.78 is 78.4. The number of carboxylic acid groups (broad SMARTS) is 1. The lowest BCUT2D eigenvalue weighted by Crippen LogP contribution is -2.60. The normalized spacial score (nSPS) is 28.4. The number of carbonyl (C=O) groups excluding carboxylic acids is 4. The summed E-state index contributed by atoms with van der Waals surface area (Å²) in [6.07, 6.45) is 0.550. The molecule has 17 heteroatoms.